The van der Waals surface area contributed by atoms with Crippen LogP contribution >= 0.6 is 0 Å². The van der Waals surface area contributed by atoms with Gasteiger partial charge in [-0.05, 0) is 19.4 Å². The van der Waals surface area contributed by atoms with E-state index in [0.717, 1.165) is 11.1 Å². The maximum Gasteiger partial charge on any atom is 0.490 e. The fourth-order valence-electron chi connectivity index (χ4n) is 2.88. The van der Waals surface area contributed by atoms with Crippen molar-refractivity contribution in [2.75, 3.05) is 26.0 Å². The minimum absolute atomic E-state index is 0.166. The molecule has 1 aromatic rings. The van der Waals surface area contributed by atoms with Crippen LogP contribution in [0.4, 0.5) is 18.0 Å². The van der Waals surface area contributed by atoms with Crippen molar-refractivity contribution in [2.24, 2.45) is 0 Å². The SMILES string of the molecule is COc1ccc(C#CC2=CCN(S(=O)(=O)C[C@@]3(C)NC(=O)NC3=O)CC2)cn1.O=C(O)C(F)(F)F. The number of sulfonamides is 1. The number of carboxylic acid groups (broad SMARTS) is 1. The van der Waals surface area contributed by atoms with Gasteiger partial charge in [0.2, 0.25) is 15.9 Å². The van der Waals surface area contributed by atoms with Gasteiger partial charge in [0.15, 0.2) is 0 Å². The van der Waals surface area contributed by atoms with E-state index < -0.39 is 45.4 Å². The van der Waals surface area contributed by atoms with Gasteiger partial charge in [-0.3, -0.25) is 10.1 Å². The molecule has 2 aliphatic heterocycles. The van der Waals surface area contributed by atoms with E-state index in [-0.39, 0.29) is 13.1 Å². The molecule has 3 amide bonds. The molecule has 1 atom stereocenters. The van der Waals surface area contributed by atoms with Crippen LogP contribution in [-0.2, 0) is 19.6 Å². The number of urea groups is 1. The van der Waals surface area contributed by atoms with Crippen molar-refractivity contribution in [3.63, 3.8) is 0 Å². The Bertz CT molecular complexity index is 1190. The first-order chi connectivity index (χ1) is 16.2. The molecular formula is C20H21F3N4O7S. The zero-order chi connectivity index (χ0) is 26.4. The van der Waals surface area contributed by atoms with Crippen LogP contribution in [0.2, 0.25) is 0 Å². The van der Waals surface area contributed by atoms with E-state index in [2.05, 4.69) is 27.5 Å². The normalized spacial score (nSPS) is 20.3. The van der Waals surface area contributed by atoms with E-state index >= 15 is 0 Å². The van der Waals surface area contributed by atoms with Crippen molar-refractivity contribution in [1.82, 2.24) is 19.9 Å². The second-order valence-electron chi connectivity index (χ2n) is 7.48. The molecule has 1 aromatic heterocycles. The molecule has 1 fully saturated rings. The lowest BCUT2D eigenvalue weighted by Gasteiger charge is -2.28. The fraction of sp³-hybridized carbons (Fsp3) is 0.400. The lowest BCUT2D eigenvalue weighted by molar-refractivity contribution is -0.192. The highest BCUT2D eigenvalue weighted by atomic mass is 32.2. The summed E-state index contributed by atoms with van der Waals surface area (Å²) in [5, 5.41) is 11.6. The average molecular weight is 518 g/mol. The molecule has 0 saturated carbocycles. The summed E-state index contributed by atoms with van der Waals surface area (Å²) in [5.74, 6) is 2.62. The van der Waals surface area contributed by atoms with E-state index in [1.807, 2.05) is 0 Å². The summed E-state index contributed by atoms with van der Waals surface area (Å²) in [7, 11) is -2.20. The van der Waals surface area contributed by atoms with Crippen molar-refractivity contribution in [3.05, 3.63) is 35.5 Å². The number of hydrogen-bond acceptors (Lipinski definition) is 7. The number of aromatic nitrogens is 1. The van der Waals surface area contributed by atoms with Gasteiger partial charge in [0.1, 0.15) is 5.54 Å². The molecule has 0 bridgehead atoms. The molecule has 3 heterocycles. The van der Waals surface area contributed by atoms with Crippen LogP contribution in [0.1, 0.15) is 18.9 Å². The standard InChI is InChI=1S/C18H20N4O5S.C2HF3O2/c1-18(16(23)20-17(24)21-18)12-28(25,26)22-9-7-13(8-10-22)3-4-14-5-6-15(27-2)19-11-14;3-2(4,5)1(6)7/h5-7,11H,8-10,12H2,1-2H3,(H2,20,21,23,24);(H,6,7)/t18-;/m1./s1. The maximum atomic E-state index is 12.7. The summed E-state index contributed by atoms with van der Waals surface area (Å²) < 4.78 is 63.3. The molecule has 3 N–H and O–H groups in total. The summed E-state index contributed by atoms with van der Waals surface area (Å²) in [6, 6.07) is 2.82. The fourth-order valence-corrected chi connectivity index (χ4v) is 4.67. The molecule has 2 aliphatic rings. The largest absolute Gasteiger partial charge is 0.490 e. The second-order valence-corrected chi connectivity index (χ2v) is 9.45. The highest BCUT2D eigenvalue weighted by Crippen LogP contribution is 2.19. The number of ether oxygens (including phenoxy) is 1. The van der Waals surface area contributed by atoms with Crippen molar-refractivity contribution in [3.8, 4) is 17.7 Å². The number of nitrogens with zero attached hydrogens (tertiary/aromatic N) is 2. The van der Waals surface area contributed by atoms with Crippen LogP contribution in [0.15, 0.2) is 30.0 Å². The quantitative estimate of drug-likeness (QED) is 0.387. The Morgan fingerprint density at radius 3 is 2.40 bits per heavy atom. The molecule has 15 heteroatoms. The van der Waals surface area contributed by atoms with Crippen molar-refractivity contribution in [2.45, 2.75) is 25.1 Å². The number of halogens is 3. The van der Waals surface area contributed by atoms with Gasteiger partial charge in [-0.1, -0.05) is 17.9 Å². The molecule has 3 rings (SSSR count). The molecular weight excluding hydrogens is 497 g/mol. The number of nitrogens with one attached hydrogen (secondary N) is 2. The average Bonchev–Trinajstić information content (AvgIpc) is 3.02. The molecule has 0 unspecified atom stereocenters. The number of carbonyl (C=O) groups is 3. The Hall–Kier alpha value is -3.64. The number of amides is 3. The maximum absolute atomic E-state index is 12.7. The van der Waals surface area contributed by atoms with Crippen molar-refractivity contribution < 1.29 is 45.8 Å². The number of methoxy groups -OCH3 is 1. The van der Waals surface area contributed by atoms with Crippen LogP contribution in [0.3, 0.4) is 0 Å². The predicted molar refractivity (Wildman–Crippen MR) is 114 cm³/mol. The molecule has 11 nitrogen and oxygen atoms in total. The highest BCUT2D eigenvalue weighted by Gasteiger charge is 2.46. The lowest BCUT2D eigenvalue weighted by atomic mass is 10.1. The van der Waals surface area contributed by atoms with Gasteiger partial charge in [-0.25, -0.2) is 23.0 Å². The molecule has 35 heavy (non-hydrogen) atoms. The monoisotopic (exact) mass is 518 g/mol. The van der Waals surface area contributed by atoms with Gasteiger partial charge in [-0.2, -0.15) is 17.5 Å². The highest BCUT2D eigenvalue weighted by molar-refractivity contribution is 7.89. The van der Waals surface area contributed by atoms with Crippen LogP contribution < -0.4 is 15.4 Å². The molecule has 190 valence electrons. The minimum atomic E-state index is -5.08. The van der Waals surface area contributed by atoms with Crippen molar-refractivity contribution >= 4 is 27.9 Å². The zero-order valence-corrected chi connectivity index (χ0v) is 19.3. The van der Waals surface area contributed by atoms with E-state index in [9.17, 15) is 31.2 Å². The van der Waals surface area contributed by atoms with Gasteiger partial charge in [0.05, 0.1) is 12.9 Å². The van der Waals surface area contributed by atoms with Crippen LogP contribution in [0.25, 0.3) is 0 Å². The van der Waals surface area contributed by atoms with E-state index in [4.69, 9.17) is 14.6 Å². The van der Waals surface area contributed by atoms with Crippen LogP contribution in [0.5, 0.6) is 5.88 Å². The summed E-state index contributed by atoms with van der Waals surface area (Å²) in [4.78, 5) is 36.1. The smallest absolute Gasteiger partial charge is 0.481 e. The Labute approximate surface area is 198 Å². The minimum Gasteiger partial charge on any atom is -0.481 e. The lowest BCUT2D eigenvalue weighted by Crippen LogP contribution is -2.52. The summed E-state index contributed by atoms with van der Waals surface area (Å²) in [6.45, 7) is 1.82. The van der Waals surface area contributed by atoms with Gasteiger partial charge >= 0.3 is 18.2 Å². The summed E-state index contributed by atoms with van der Waals surface area (Å²) in [6.07, 6.45) is -1.26. The van der Waals surface area contributed by atoms with Crippen molar-refractivity contribution in [1.29, 1.82) is 0 Å². The zero-order valence-electron chi connectivity index (χ0n) is 18.5. The number of carboxylic acids is 1. The molecule has 0 spiro atoms. The van der Waals surface area contributed by atoms with E-state index in [1.54, 1.807) is 24.4 Å². The number of hydrogen-bond donors (Lipinski definition) is 3. The number of alkyl halides is 3. The third-order valence-electron chi connectivity index (χ3n) is 4.71. The van der Waals surface area contributed by atoms with E-state index in [0.29, 0.717) is 12.3 Å². The number of pyridine rings is 1. The Balaban J connectivity index is 0.000000540. The molecule has 0 aliphatic carbocycles. The second kappa shape index (κ2) is 10.7. The number of rotatable bonds is 4. The number of carbonyl (C=O) groups excluding carboxylic acids is 2. The number of imide groups is 1. The van der Waals surface area contributed by atoms with E-state index in [1.165, 1.54) is 18.3 Å². The first kappa shape index (κ1) is 27.6. The molecule has 0 radical (unpaired) electrons. The Morgan fingerprint density at radius 1 is 1.31 bits per heavy atom. The first-order valence-electron chi connectivity index (χ1n) is 9.79. The Morgan fingerprint density at radius 2 is 1.97 bits per heavy atom. The summed E-state index contributed by atoms with van der Waals surface area (Å²) >= 11 is 0. The van der Waals surface area contributed by atoms with Gasteiger partial charge in [0.25, 0.3) is 5.91 Å². The third-order valence-corrected chi connectivity index (χ3v) is 6.77. The molecule has 0 aromatic carbocycles. The predicted octanol–water partition coefficient (Wildman–Crippen LogP) is 0.635. The summed E-state index contributed by atoms with van der Waals surface area (Å²) in [5.41, 5.74) is 0.0919. The van der Waals surface area contributed by atoms with Crippen LogP contribution in [-0.4, -0.2) is 78.4 Å². The van der Waals surface area contributed by atoms with Gasteiger partial charge in [0, 0.05) is 36.5 Å². The molecule has 1 saturated heterocycles. The Kier molecular flexibility index (Phi) is 8.47. The van der Waals surface area contributed by atoms with Gasteiger partial charge in [-0.15, -0.1) is 0 Å². The first-order valence-corrected chi connectivity index (χ1v) is 11.4. The van der Waals surface area contributed by atoms with Gasteiger partial charge < -0.3 is 15.2 Å². The third kappa shape index (κ3) is 7.69. The number of aliphatic carboxylic acids is 1. The van der Waals surface area contributed by atoms with Crippen LogP contribution in [0, 0.1) is 11.8 Å². The topological polar surface area (TPSA) is 155 Å².